The summed E-state index contributed by atoms with van der Waals surface area (Å²) in [6, 6.07) is 2.23. The highest BCUT2D eigenvalue weighted by atomic mass is 16.3. The third-order valence-corrected chi connectivity index (χ3v) is 4.21. The molecule has 0 amide bonds. The third-order valence-electron chi connectivity index (χ3n) is 4.21. The van der Waals surface area contributed by atoms with Gasteiger partial charge in [0, 0.05) is 12.5 Å². The monoisotopic (exact) mass is 205 g/mol. The Morgan fingerprint density at radius 2 is 2.27 bits per heavy atom. The van der Waals surface area contributed by atoms with Gasteiger partial charge in [0.2, 0.25) is 0 Å². The molecule has 0 aromatic carbocycles. The lowest BCUT2D eigenvalue weighted by molar-refractivity contribution is 0.287. The van der Waals surface area contributed by atoms with Gasteiger partial charge in [0.25, 0.3) is 0 Å². The summed E-state index contributed by atoms with van der Waals surface area (Å²) in [5.74, 6) is 2.99. The molecule has 1 heterocycles. The average molecular weight is 205 g/mol. The number of nitrogens with one attached hydrogen (secondary N) is 1. The van der Waals surface area contributed by atoms with Crippen molar-refractivity contribution in [3.05, 3.63) is 23.2 Å². The zero-order valence-corrected chi connectivity index (χ0v) is 9.60. The lowest BCUT2D eigenvalue weighted by Crippen LogP contribution is -2.29. The van der Waals surface area contributed by atoms with Crippen LogP contribution < -0.4 is 5.32 Å². The number of hydrogen-bond donors (Lipinski definition) is 1. The summed E-state index contributed by atoms with van der Waals surface area (Å²) in [7, 11) is 2.04. The topological polar surface area (TPSA) is 25.2 Å². The van der Waals surface area contributed by atoms with Crippen LogP contribution in [0.25, 0.3) is 0 Å². The molecule has 15 heavy (non-hydrogen) atoms. The van der Waals surface area contributed by atoms with Crippen molar-refractivity contribution in [1.29, 1.82) is 0 Å². The molecule has 1 aromatic heterocycles. The molecule has 1 fully saturated rings. The van der Waals surface area contributed by atoms with Crippen LogP contribution in [0.2, 0.25) is 0 Å². The van der Waals surface area contributed by atoms with E-state index in [-0.39, 0.29) is 0 Å². The minimum Gasteiger partial charge on any atom is -0.466 e. The number of likely N-dealkylation sites (N-methyl/N-ethyl adjacent to an activating group) is 1. The fraction of sp³-hybridized carbons (Fsp3) is 0.692. The SMILES string of the molecule is CNCC1c2oc(C)cc2CCC12CC2. The lowest BCUT2D eigenvalue weighted by Gasteiger charge is -2.30. The standard InChI is InChI=1S/C13H19NO/c1-9-7-10-3-4-13(5-6-13)11(8-14-2)12(10)15-9/h7,11,14H,3-6,8H2,1-2H3. The van der Waals surface area contributed by atoms with Gasteiger partial charge in [-0.05, 0) is 56.7 Å². The van der Waals surface area contributed by atoms with Gasteiger partial charge in [0.05, 0.1) is 0 Å². The number of hydrogen-bond acceptors (Lipinski definition) is 2. The van der Waals surface area contributed by atoms with Crippen molar-refractivity contribution in [3.63, 3.8) is 0 Å². The van der Waals surface area contributed by atoms with Gasteiger partial charge in [-0.2, -0.15) is 0 Å². The molecule has 0 bridgehead atoms. The first-order valence-corrected chi connectivity index (χ1v) is 5.99. The molecule has 3 rings (SSSR count). The summed E-state index contributed by atoms with van der Waals surface area (Å²) in [5.41, 5.74) is 2.06. The zero-order valence-electron chi connectivity index (χ0n) is 9.60. The van der Waals surface area contributed by atoms with Crippen LogP contribution in [0.5, 0.6) is 0 Å². The summed E-state index contributed by atoms with van der Waals surface area (Å²) in [4.78, 5) is 0. The molecule has 2 aliphatic rings. The van der Waals surface area contributed by atoms with Crippen molar-refractivity contribution in [2.45, 2.75) is 38.5 Å². The Hall–Kier alpha value is -0.760. The second-order valence-corrected chi connectivity index (χ2v) is 5.22. The van der Waals surface area contributed by atoms with E-state index in [0.717, 1.165) is 12.3 Å². The predicted octanol–water partition coefficient (Wildman–Crippen LogP) is 2.62. The highest BCUT2D eigenvalue weighted by Gasteiger charge is 2.52. The Kier molecular flexibility index (Phi) is 1.96. The second kappa shape index (κ2) is 3.11. The minimum atomic E-state index is 0.598. The summed E-state index contributed by atoms with van der Waals surface area (Å²) >= 11 is 0. The Labute approximate surface area is 91.0 Å². The molecule has 82 valence electrons. The Morgan fingerprint density at radius 3 is 2.93 bits per heavy atom. The van der Waals surface area contributed by atoms with E-state index >= 15 is 0 Å². The van der Waals surface area contributed by atoms with E-state index in [1.165, 1.54) is 37.0 Å². The lowest BCUT2D eigenvalue weighted by atomic mass is 9.76. The molecule has 1 aromatic rings. The van der Waals surface area contributed by atoms with Crippen molar-refractivity contribution < 1.29 is 4.42 Å². The molecule has 2 nitrogen and oxygen atoms in total. The van der Waals surface area contributed by atoms with Crippen molar-refractivity contribution in [3.8, 4) is 0 Å². The Bertz CT molecular complexity index is 376. The summed E-state index contributed by atoms with van der Waals surface area (Å²) in [6.45, 7) is 3.13. The molecule has 1 spiro atoms. The molecule has 1 unspecified atom stereocenters. The van der Waals surface area contributed by atoms with E-state index in [2.05, 4.69) is 18.3 Å². The van der Waals surface area contributed by atoms with Crippen LogP contribution in [-0.2, 0) is 6.42 Å². The first-order valence-electron chi connectivity index (χ1n) is 5.99. The molecule has 0 saturated heterocycles. The van der Waals surface area contributed by atoms with Crippen molar-refractivity contribution >= 4 is 0 Å². The fourth-order valence-electron chi connectivity index (χ4n) is 3.18. The fourth-order valence-corrected chi connectivity index (χ4v) is 3.18. The van der Waals surface area contributed by atoms with Gasteiger partial charge in [-0.1, -0.05) is 0 Å². The van der Waals surface area contributed by atoms with Crippen LogP contribution in [0, 0.1) is 12.3 Å². The maximum atomic E-state index is 5.91. The Morgan fingerprint density at radius 1 is 1.47 bits per heavy atom. The van der Waals surface area contributed by atoms with Crippen LogP contribution in [0.4, 0.5) is 0 Å². The summed E-state index contributed by atoms with van der Waals surface area (Å²) in [6.07, 6.45) is 5.40. The third kappa shape index (κ3) is 1.35. The predicted molar refractivity (Wildman–Crippen MR) is 60.1 cm³/mol. The van der Waals surface area contributed by atoms with Gasteiger partial charge in [0.15, 0.2) is 0 Å². The molecule has 2 heteroatoms. The van der Waals surface area contributed by atoms with Gasteiger partial charge in [-0.25, -0.2) is 0 Å². The molecule has 2 aliphatic carbocycles. The van der Waals surface area contributed by atoms with Gasteiger partial charge in [0.1, 0.15) is 11.5 Å². The first-order chi connectivity index (χ1) is 7.25. The van der Waals surface area contributed by atoms with Gasteiger partial charge < -0.3 is 9.73 Å². The van der Waals surface area contributed by atoms with Crippen LogP contribution in [0.1, 0.15) is 42.3 Å². The van der Waals surface area contributed by atoms with E-state index in [9.17, 15) is 0 Å². The van der Waals surface area contributed by atoms with E-state index in [4.69, 9.17) is 4.42 Å². The zero-order chi connectivity index (χ0) is 10.5. The first kappa shape index (κ1) is 9.46. The van der Waals surface area contributed by atoms with Gasteiger partial charge in [-0.15, -0.1) is 0 Å². The second-order valence-electron chi connectivity index (χ2n) is 5.22. The van der Waals surface area contributed by atoms with Crippen LogP contribution >= 0.6 is 0 Å². The maximum Gasteiger partial charge on any atom is 0.112 e. The highest BCUT2D eigenvalue weighted by molar-refractivity contribution is 5.32. The van der Waals surface area contributed by atoms with Crippen molar-refractivity contribution in [2.24, 2.45) is 5.41 Å². The van der Waals surface area contributed by atoms with E-state index < -0.39 is 0 Å². The van der Waals surface area contributed by atoms with Crippen LogP contribution in [0.15, 0.2) is 10.5 Å². The quantitative estimate of drug-likeness (QED) is 0.803. The highest BCUT2D eigenvalue weighted by Crippen LogP contribution is 2.61. The van der Waals surface area contributed by atoms with E-state index in [1.54, 1.807) is 0 Å². The number of fused-ring (bicyclic) bond motifs is 1. The maximum absolute atomic E-state index is 5.91. The largest absolute Gasteiger partial charge is 0.466 e. The molecular weight excluding hydrogens is 186 g/mol. The van der Waals surface area contributed by atoms with E-state index in [0.29, 0.717) is 11.3 Å². The van der Waals surface area contributed by atoms with Crippen LogP contribution in [-0.4, -0.2) is 13.6 Å². The van der Waals surface area contributed by atoms with Crippen LogP contribution in [0.3, 0.4) is 0 Å². The summed E-state index contributed by atoms with van der Waals surface area (Å²) < 4.78 is 5.91. The number of furan rings is 1. The average Bonchev–Trinajstić information content (AvgIpc) is 2.88. The van der Waals surface area contributed by atoms with E-state index in [1.807, 2.05) is 7.05 Å². The number of rotatable bonds is 2. The normalized spacial score (nSPS) is 26.7. The van der Waals surface area contributed by atoms with Crippen molar-refractivity contribution in [1.82, 2.24) is 5.32 Å². The molecular formula is C13H19NO. The molecule has 1 saturated carbocycles. The van der Waals surface area contributed by atoms with Gasteiger partial charge >= 0.3 is 0 Å². The van der Waals surface area contributed by atoms with Crippen molar-refractivity contribution in [2.75, 3.05) is 13.6 Å². The Balaban J connectivity index is 1.99. The smallest absolute Gasteiger partial charge is 0.112 e. The molecule has 1 atom stereocenters. The summed E-state index contributed by atoms with van der Waals surface area (Å²) in [5, 5.41) is 3.32. The minimum absolute atomic E-state index is 0.598. The number of aryl methyl sites for hydroxylation is 2. The molecule has 1 N–H and O–H groups in total. The molecule has 0 radical (unpaired) electrons. The van der Waals surface area contributed by atoms with Gasteiger partial charge in [-0.3, -0.25) is 0 Å². The molecule has 0 aliphatic heterocycles.